The van der Waals surface area contributed by atoms with Gasteiger partial charge in [-0.05, 0) is 38.3 Å². The molecule has 0 spiro atoms. The van der Waals surface area contributed by atoms with E-state index >= 15 is 0 Å². The topological polar surface area (TPSA) is 29.1 Å². The van der Waals surface area contributed by atoms with E-state index in [1.165, 1.54) is 18.4 Å². The van der Waals surface area contributed by atoms with Crippen molar-refractivity contribution >= 4 is 11.0 Å². The van der Waals surface area contributed by atoms with Crippen molar-refractivity contribution in [3.63, 3.8) is 0 Å². The van der Waals surface area contributed by atoms with E-state index in [-0.39, 0.29) is 0 Å². The molecule has 3 heteroatoms. The van der Waals surface area contributed by atoms with Gasteiger partial charge in [0.2, 0.25) is 0 Å². The highest BCUT2D eigenvalue weighted by atomic mass is 32.2. The minimum atomic E-state index is -1.11. The molecule has 2 atom stereocenters. The van der Waals surface area contributed by atoms with Gasteiger partial charge in [-0.25, -0.2) is 8.93 Å². The van der Waals surface area contributed by atoms with Crippen LogP contribution >= 0.6 is 0 Å². The molecule has 0 bridgehead atoms. The van der Waals surface area contributed by atoms with Crippen LogP contribution in [0.4, 0.5) is 0 Å². The Morgan fingerprint density at radius 3 is 2.58 bits per heavy atom. The lowest BCUT2D eigenvalue weighted by molar-refractivity contribution is 0.509. The predicted octanol–water partition coefficient (Wildman–Crippen LogP) is 4.13. The van der Waals surface area contributed by atoms with Gasteiger partial charge in [-0.15, -0.1) is 6.58 Å². The molecule has 1 aromatic rings. The van der Waals surface area contributed by atoms with E-state index in [1.54, 1.807) is 0 Å². The van der Waals surface area contributed by atoms with Crippen LogP contribution in [0.15, 0.2) is 41.8 Å². The average Bonchev–Trinajstić information content (AvgIpc) is 2.42. The van der Waals surface area contributed by atoms with Crippen LogP contribution in [0.3, 0.4) is 0 Å². The number of allylic oxidation sites excluding steroid dienone is 1. The Morgan fingerprint density at radius 2 is 2.00 bits per heavy atom. The lowest BCUT2D eigenvalue weighted by Crippen LogP contribution is -2.30. The molecular weight excluding hydrogens is 254 g/mol. The van der Waals surface area contributed by atoms with Crippen molar-refractivity contribution in [2.24, 2.45) is 0 Å². The Kier molecular flexibility index (Phi) is 7.68. The summed E-state index contributed by atoms with van der Waals surface area (Å²) in [6, 6.07) is 8.17. The number of hydrogen-bond donors (Lipinski definition) is 1. The summed E-state index contributed by atoms with van der Waals surface area (Å²) >= 11 is 0. The summed E-state index contributed by atoms with van der Waals surface area (Å²) in [6.45, 7) is 7.97. The van der Waals surface area contributed by atoms with Gasteiger partial charge in [0.25, 0.3) is 0 Å². The second kappa shape index (κ2) is 9.05. The van der Waals surface area contributed by atoms with E-state index in [4.69, 9.17) is 0 Å². The highest BCUT2D eigenvalue weighted by Gasteiger charge is 2.12. The maximum Gasteiger partial charge on any atom is 0.125 e. The first-order valence-corrected chi connectivity index (χ1v) is 8.17. The SMILES string of the molecule is C=CCC[C@H](CCCC)NS(=O)c1ccc(C)cc1. The standard InChI is InChI=1S/C16H25NOS/c1-4-6-8-15(9-7-5-2)17-19(18)16-12-10-14(3)11-13-16/h4,10-13,15,17H,1,5-9H2,2-3H3/t15-,19?/m1/s1. The molecule has 0 saturated carbocycles. The molecule has 0 aliphatic carbocycles. The second-order valence-electron chi connectivity index (χ2n) is 4.90. The van der Waals surface area contributed by atoms with E-state index in [2.05, 4.69) is 18.2 Å². The van der Waals surface area contributed by atoms with Gasteiger partial charge < -0.3 is 0 Å². The Bertz CT molecular complexity index is 400. The van der Waals surface area contributed by atoms with Crippen LogP contribution in [0.1, 0.15) is 44.6 Å². The van der Waals surface area contributed by atoms with Gasteiger partial charge >= 0.3 is 0 Å². The van der Waals surface area contributed by atoms with E-state index < -0.39 is 11.0 Å². The molecule has 0 amide bonds. The van der Waals surface area contributed by atoms with Gasteiger partial charge in [0.15, 0.2) is 0 Å². The molecule has 0 heterocycles. The number of unbranched alkanes of at least 4 members (excludes halogenated alkanes) is 1. The van der Waals surface area contributed by atoms with Crippen molar-refractivity contribution in [1.82, 2.24) is 4.72 Å². The first-order chi connectivity index (χ1) is 9.17. The molecule has 0 fully saturated rings. The van der Waals surface area contributed by atoms with Crippen LogP contribution in [0.5, 0.6) is 0 Å². The summed E-state index contributed by atoms with van der Waals surface area (Å²) < 4.78 is 15.5. The van der Waals surface area contributed by atoms with Crippen molar-refractivity contribution in [3.8, 4) is 0 Å². The van der Waals surface area contributed by atoms with Crippen LogP contribution in [0.2, 0.25) is 0 Å². The van der Waals surface area contributed by atoms with Gasteiger partial charge in [-0.2, -0.15) is 0 Å². The van der Waals surface area contributed by atoms with E-state index in [1.807, 2.05) is 37.3 Å². The monoisotopic (exact) mass is 279 g/mol. The molecule has 0 saturated heterocycles. The molecule has 0 aliphatic heterocycles. The molecule has 1 N–H and O–H groups in total. The summed E-state index contributed by atoms with van der Waals surface area (Å²) in [5, 5.41) is 0. The highest BCUT2D eigenvalue weighted by Crippen LogP contribution is 2.12. The quantitative estimate of drug-likeness (QED) is 0.677. The van der Waals surface area contributed by atoms with Gasteiger partial charge in [0.05, 0.1) is 4.90 Å². The van der Waals surface area contributed by atoms with Gasteiger partial charge in [0.1, 0.15) is 11.0 Å². The first kappa shape index (κ1) is 16.1. The zero-order chi connectivity index (χ0) is 14.1. The first-order valence-electron chi connectivity index (χ1n) is 7.03. The smallest absolute Gasteiger partial charge is 0.125 e. The predicted molar refractivity (Wildman–Crippen MR) is 83.5 cm³/mol. The second-order valence-corrected chi connectivity index (χ2v) is 6.15. The summed E-state index contributed by atoms with van der Waals surface area (Å²) in [4.78, 5) is 0.853. The number of aryl methyl sites for hydroxylation is 1. The molecule has 106 valence electrons. The largest absolute Gasteiger partial charge is 0.237 e. The molecule has 1 unspecified atom stereocenters. The molecule has 19 heavy (non-hydrogen) atoms. The third-order valence-electron chi connectivity index (χ3n) is 3.13. The number of benzene rings is 1. The Hall–Kier alpha value is -0.930. The molecule has 0 aromatic heterocycles. The lowest BCUT2D eigenvalue weighted by Gasteiger charge is -2.17. The normalized spacial score (nSPS) is 14.0. The molecule has 1 aromatic carbocycles. The van der Waals surface area contributed by atoms with Gasteiger partial charge in [-0.3, -0.25) is 0 Å². The molecule has 0 aliphatic rings. The van der Waals surface area contributed by atoms with Crippen LogP contribution < -0.4 is 4.72 Å². The zero-order valence-corrected chi connectivity index (χ0v) is 12.8. The van der Waals surface area contributed by atoms with E-state index in [0.717, 1.165) is 24.2 Å². The number of nitrogens with one attached hydrogen (secondary N) is 1. The maximum absolute atomic E-state index is 12.3. The van der Waals surface area contributed by atoms with Crippen molar-refractivity contribution < 1.29 is 4.21 Å². The Balaban J connectivity index is 2.58. The Labute approximate surface area is 119 Å². The van der Waals surface area contributed by atoms with Crippen molar-refractivity contribution in [3.05, 3.63) is 42.5 Å². The summed E-state index contributed by atoms with van der Waals surface area (Å²) in [5.41, 5.74) is 1.19. The summed E-state index contributed by atoms with van der Waals surface area (Å²) in [6.07, 6.45) is 7.30. The number of hydrogen-bond acceptors (Lipinski definition) is 1. The van der Waals surface area contributed by atoms with E-state index in [9.17, 15) is 4.21 Å². The maximum atomic E-state index is 12.3. The summed E-state index contributed by atoms with van der Waals surface area (Å²) in [5.74, 6) is 0. The number of rotatable bonds is 9. The fourth-order valence-corrected chi connectivity index (χ4v) is 2.97. The average molecular weight is 279 g/mol. The fraction of sp³-hybridized carbons (Fsp3) is 0.500. The Morgan fingerprint density at radius 1 is 1.32 bits per heavy atom. The van der Waals surface area contributed by atoms with Crippen molar-refractivity contribution in [2.75, 3.05) is 0 Å². The summed E-state index contributed by atoms with van der Waals surface area (Å²) in [7, 11) is -1.11. The molecular formula is C16H25NOS. The molecule has 1 rings (SSSR count). The van der Waals surface area contributed by atoms with Gasteiger partial charge in [-0.1, -0.05) is 43.5 Å². The van der Waals surface area contributed by atoms with Crippen molar-refractivity contribution in [1.29, 1.82) is 0 Å². The minimum Gasteiger partial charge on any atom is -0.237 e. The fourth-order valence-electron chi connectivity index (χ4n) is 1.91. The minimum absolute atomic E-state index is 0.306. The van der Waals surface area contributed by atoms with Gasteiger partial charge in [0, 0.05) is 6.04 Å². The third kappa shape index (κ3) is 6.17. The molecule has 0 radical (unpaired) electrons. The van der Waals surface area contributed by atoms with Crippen LogP contribution in [-0.2, 0) is 11.0 Å². The molecule has 2 nitrogen and oxygen atoms in total. The lowest BCUT2D eigenvalue weighted by atomic mass is 10.1. The van der Waals surface area contributed by atoms with E-state index in [0.29, 0.717) is 6.04 Å². The van der Waals surface area contributed by atoms with Crippen LogP contribution in [0.25, 0.3) is 0 Å². The zero-order valence-electron chi connectivity index (χ0n) is 12.0. The highest BCUT2D eigenvalue weighted by molar-refractivity contribution is 7.83. The van der Waals surface area contributed by atoms with Crippen LogP contribution in [0, 0.1) is 6.92 Å². The third-order valence-corrected chi connectivity index (χ3v) is 4.38. The van der Waals surface area contributed by atoms with Crippen LogP contribution in [-0.4, -0.2) is 10.3 Å². The van der Waals surface area contributed by atoms with Crippen molar-refractivity contribution in [2.45, 2.75) is 56.9 Å².